The van der Waals surface area contributed by atoms with Gasteiger partial charge in [-0.05, 0) is 29.5 Å². The molecule has 0 radical (unpaired) electrons. The van der Waals surface area contributed by atoms with E-state index in [0.29, 0.717) is 0 Å². The molecule has 56 valence electrons. The second-order valence-corrected chi connectivity index (χ2v) is 2.16. The van der Waals surface area contributed by atoms with Crippen LogP contribution in [-0.2, 0) is 0 Å². The molecule has 1 aromatic rings. The smallest absolute Gasteiger partial charge is 0.0256 e. The van der Waals surface area contributed by atoms with E-state index in [1.807, 2.05) is 24.3 Å². The van der Waals surface area contributed by atoms with Crippen molar-refractivity contribution in [1.29, 1.82) is 5.41 Å². The summed E-state index contributed by atoms with van der Waals surface area (Å²) in [5, 5.41) is 6.96. The third-order valence-electron chi connectivity index (χ3n) is 1.36. The minimum absolute atomic E-state index is 0.862. The van der Waals surface area contributed by atoms with Gasteiger partial charge in [0.2, 0.25) is 0 Å². The van der Waals surface area contributed by atoms with Crippen LogP contribution in [0.25, 0.3) is 0 Å². The van der Waals surface area contributed by atoms with Crippen LogP contribution >= 0.6 is 0 Å². The second kappa shape index (κ2) is 4.01. The maximum atomic E-state index is 6.96. The number of benzene rings is 1. The Morgan fingerprint density at radius 1 is 1.25 bits per heavy atom. The molecule has 0 heterocycles. The zero-order chi connectivity index (χ0) is 8.81. The molecule has 12 heavy (non-hydrogen) atoms. The molecule has 0 atom stereocenters. The van der Waals surface area contributed by atoms with Crippen molar-refractivity contribution in [2.24, 2.45) is 0 Å². The molecule has 0 bridgehead atoms. The number of hydrogen-bond donors (Lipinski definition) is 1. The van der Waals surface area contributed by atoms with Crippen molar-refractivity contribution in [3.05, 3.63) is 35.4 Å². The van der Waals surface area contributed by atoms with Gasteiger partial charge in [0.25, 0.3) is 0 Å². The van der Waals surface area contributed by atoms with Gasteiger partial charge in [-0.25, -0.2) is 0 Å². The van der Waals surface area contributed by atoms with E-state index in [4.69, 9.17) is 11.8 Å². The molecule has 0 amide bonds. The highest BCUT2D eigenvalue weighted by Gasteiger charge is 1.86. The number of rotatable bonds is 1. The van der Waals surface area contributed by atoms with Crippen molar-refractivity contribution in [2.45, 2.75) is 0 Å². The summed E-state index contributed by atoms with van der Waals surface area (Å²) in [5.74, 6) is 7.55. The monoisotopic (exact) mass is 153 g/mol. The van der Waals surface area contributed by atoms with Gasteiger partial charge in [-0.1, -0.05) is 18.1 Å². The first kappa shape index (κ1) is 8.11. The first-order valence-electron chi connectivity index (χ1n) is 3.44. The Morgan fingerprint density at radius 3 is 2.42 bits per heavy atom. The quantitative estimate of drug-likeness (QED) is 0.468. The van der Waals surface area contributed by atoms with Gasteiger partial charge in [0.1, 0.15) is 0 Å². The van der Waals surface area contributed by atoms with Gasteiger partial charge in [0, 0.05) is 11.8 Å². The molecular formula is C11H7N. The molecule has 0 fully saturated rings. The maximum Gasteiger partial charge on any atom is 0.0256 e. The molecular weight excluding hydrogens is 146 g/mol. The van der Waals surface area contributed by atoms with E-state index in [2.05, 4.69) is 17.8 Å². The molecule has 0 spiro atoms. The van der Waals surface area contributed by atoms with Crippen LogP contribution in [0.4, 0.5) is 0 Å². The maximum absolute atomic E-state index is 6.96. The average Bonchev–Trinajstić information content (AvgIpc) is 2.15. The van der Waals surface area contributed by atoms with Gasteiger partial charge >= 0.3 is 0 Å². The summed E-state index contributed by atoms with van der Waals surface area (Å²) in [6.07, 6.45) is 6.26. The van der Waals surface area contributed by atoms with E-state index in [1.165, 1.54) is 6.21 Å². The van der Waals surface area contributed by atoms with Crippen molar-refractivity contribution in [3.63, 3.8) is 0 Å². The topological polar surface area (TPSA) is 23.9 Å². The van der Waals surface area contributed by atoms with E-state index in [0.717, 1.165) is 11.1 Å². The van der Waals surface area contributed by atoms with Crippen LogP contribution in [0.2, 0.25) is 0 Å². The molecule has 0 aliphatic rings. The summed E-state index contributed by atoms with van der Waals surface area (Å²) in [6.45, 7) is 0. The van der Waals surface area contributed by atoms with Gasteiger partial charge in [-0.15, -0.1) is 6.42 Å². The number of hydrogen-bond acceptors (Lipinski definition) is 1. The van der Waals surface area contributed by atoms with E-state index in [9.17, 15) is 0 Å². The van der Waals surface area contributed by atoms with Gasteiger partial charge in [0.15, 0.2) is 0 Å². The Kier molecular flexibility index (Phi) is 2.71. The summed E-state index contributed by atoms with van der Waals surface area (Å²) in [7, 11) is 0. The second-order valence-electron chi connectivity index (χ2n) is 2.16. The molecule has 0 aliphatic heterocycles. The van der Waals surface area contributed by atoms with Gasteiger partial charge in [-0.2, -0.15) is 0 Å². The fraction of sp³-hybridized carbons (Fsp3) is 0. The van der Waals surface area contributed by atoms with Crippen molar-refractivity contribution in [1.82, 2.24) is 0 Å². The Labute approximate surface area is 71.9 Å². The molecule has 0 unspecified atom stereocenters. The lowest BCUT2D eigenvalue weighted by Crippen LogP contribution is -1.79. The summed E-state index contributed by atoms with van der Waals surface area (Å²) in [4.78, 5) is 0. The lowest BCUT2D eigenvalue weighted by atomic mass is 10.1. The molecule has 1 aromatic carbocycles. The molecule has 0 saturated heterocycles. The summed E-state index contributed by atoms with van der Waals surface area (Å²) in [5.41, 5.74) is 1.74. The van der Waals surface area contributed by atoms with E-state index in [1.54, 1.807) is 0 Å². The number of nitrogens with one attached hydrogen (secondary N) is 1. The van der Waals surface area contributed by atoms with Crippen LogP contribution in [0.15, 0.2) is 24.3 Å². The van der Waals surface area contributed by atoms with E-state index in [-0.39, 0.29) is 0 Å². The Morgan fingerprint density at radius 2 is 1.92 bits per heavy atom. The normalized spacial score (nSPS) is 7.58. The van der Waals surface area contributed by atoms with Crippen molar-refractivity contribution >= 4 is 6.21 Å². The Hall–Kier alpha value is -1.99. The lowest BCUT2D eigenvalue weighted by Gasteiger charge is -1.90. The fourth-order valence-corrected chi connectivity index (χ4v) is 0.771. The minimum atomic E-state index is 0.862. The van der Waals surface area contributed by atoms with Crippen LogP contribution in [0, 0.1) is 29.6 Å². The summed E-state index contributed by atoms with van der Waals surface area (Å²) in [6, 6.07) is 7.33. The van der Waals surface area contributed by atoms with Crippen LogP contribution in [-0.4, -0.2) is 6.21 Å². The minimum Gasteiger partial charge on any atom is -0.308 e. The molecule has 1 nitrogen and oxygen atoms in total. The fourth-order valence-electron chi connectivity index (χ4n) is 0.771. The predicted molar refractivity (Wildman–Crippen MR) is 50.0 cm³/mol. The summed E-state index contributed by atoms with van der Waals surface area (Å²) >= 11 is 0. The van der Waals surface area contributed by atoms with Crippen molar-refractivity contribution < 1.29 is 0 Å². The van der Waals surface area contributed by atoms with Gasteiger partial charge < -0.3 is 5.41 Å². The standard InChI is InChI=1S/C11H7N/c1-2-3-4-10-5-7-11(9-12)8-6-10/h1,5-9,12H. The number of terminal acetylenes is 1. The third-order valence-corrected chi connectivity index (χ3v) is 1.36. The lowest BCUT2D eigenvalue weighted by molar-refractivity contribution is 1.53. The van der Waals surface area contributed by atoms with Gasteiger partial charge in [-0.3, -0.25) is 0 Å². The molecule has 1 rings (SSSR count). The van der Waals surface area contributed by atoms with Crippen LogP contribution in [0.1, 0.15) is 11.1 Å². The highest BCUT2D eigenvalue weighted by Crippen LogP contribution is 1.99. The van der Waals surface area contributed by atoms with Crippen LogP contribution < -0.4 is 0 Å². The Balaban J connectivity index is 2.94. The highest BCUT2D eigenvalue weighted by atomic mass is 14.3. The molecule has 0 saturated carbocycles. The Bertz CT molecular complexity index is 368. The SMILES string of the molecule is C#CC#Cc1ccc(C=N)cc1. The van der Waals surface area contributed by atoms with Crippen LogP contribution in [0.5, 0.6) is 0 Å². The van der Waals surface area contributed by atoms with E-state index >= 15 is 0 Å². The van der Waals surface area contributed by atoms with Crippen molar-refractivity contribution in [2.75, 3.05) is 0 Å². The van der Waals surface area contributed by atoms with Crippen LogP contribution in [0.3, 0.4) is 0 Å². The van der Waals surface area contributed by atoms with E-state index < -0.39 is 0 Å². The highest BCUT2D eigenvalue weighted by molar-refractivity contribution is 5.77. The third kappa shape index (κ3) is 2.01. The van der Waals surface area contributed by atoms with Crippen molar-refractivity contribution in [3.8, 4) is 24.2 Å². The zero-order valence-corrected chi connectivity index (χ0v) is 6.46. The van der Waals surface area contributed by atoms with Gasteiger partial charge in [0.05, 0.1) is 0 Å². The first-order valence-corrected chi connectivity index (χ1v) is 3.44. The molecule has 0 aliphatic carbocycles. The average molecular weight is 153 g/mol. The largest absolute Gasteiger partial charge is 0.308 e. The first-order chi connectivity index (χ1) is 5.86. The molecule has 1 heteroatoms. The summed E-state index contributed by atoms with van der Waals surface area (Å²) < 4.78 is 0. The molecule has 0 aromatic heterocycles. The molecule has 1 N–H and O–H groups in total. The predicted octanol–water partition coefficient (Wildman–Crippen LogP) is 1.67. The zero-order valence-electron chi connectivity index (χ0n) is 6.46.